The van der Waals surface area contributed by atoms with Crippen LogP contribution in [0, 0.1) is 11.3 Å². The molecule has 1 atom stereocenters. The number of nitrogens with one attached hydrogen (secondary N) is 2. The third-order valence-corrected chi connectivity index (χ3v) is 5.41. The summed E-state index contributed by atoms with van der Waals surface area (Å²) in [6.45, 7) is 5.72. The number of rotatable bonds is 8. The Bertz CT molecular complexity index is 1100. The largest absolute Gasteiger partial charge is 0.490 e. The maximum Gasteiger partial charge on any atom is 0.258 e. The van der Waals surface area contributed by atoms with E-state index in [9.17, 15) is 5.26 Å². The smallest absolute Gasteiger partial charge is 0.258 e. The average molecular weight is 418 g/mol. The summed E-state index contributed by atoms with van der Waals surface area (Å²) >= 11 is 0. The van der Waals surface area contributed by atoms with Crippen molar-refractivity contribution in [1.82, 2.24) is 20.8 Å². The van der Waals surface area contributed by atoms with Crippen molar-refractivity contribution in [3.05, 3.63) is 53.1 Å². The van der Waals surface area contributed by atoms with Crippen molar-refractivity contribution in [2.45, 2.75) is 38.8 Å². The lowest BCUT2D eigenvalue weighted by Crippen LogP contribution is -2.27. The van der Waals surface area contributed by atoms with Gasteiger partial charge in [0.1, 0.15) is 11.8 Å². The van der Waals surface area contributed by atoms with Crippen LogP contribution in [0.2, 0.25) is 0 Å². The first-order valence-electron chi connectivity index (χ1n) is 10.7. The third-order valence-electron chi connectivity index (χ3n) is 5.41. The summed E-state index contributed by atoms with van der Waals surface area (Å²) in [5.41, 5.74) is 4.73. The molecule has 2 N–H and O–H groups in total. The minimum atomic E-state index is -0.00955. The molecule has 7 nitrogen and oxygen atoms in total. The number of hydrogen-bond donors (Lipinski definition) is 2. The van der Waals surface area contributed by atoms with Gasteiger partial charge in [0.2, 0.25) is 5.82 Å². The molecule has 0 fully saturated rings. The molecule has 0 saturated carbocycles. The summed E-state index contributed by atoms with van der Waals surface area (Å²) in [4.78, 5) is 4.64. The van der Waals surface area contributed by atoms with Crippen LogP contribution in [0.5, 0.6) is 5.75 Å². The lowest BCUT2D eigenvalue weighted by Gasteiger charge is -2.14. The second-order valence-electron chi connectivity index (χ2n) is 7.93. The monoisotopic (exact) mass is 417 g/mol. The molecule has 0 radical (unpaired) electrons. The van der Waals surface area contributed by atoms with Crippen molar-refractivity contribution < 1.29 is 9.26 Å². The number of benzene rings is 2. The third kappa shape index (κ3) is 4.46. The van der Waals surface area contributed by atoms with Crippen molar-refractivity contribution in [3.8, 4) is 34.7 Å². The van der Waals surface area contributed by atoms with Crippen LogP contribution in [0.15, 0.2) is 40.9 Å². The molecule has 1 unspecified atom stereocenters. The maximum absolute atomic E-state index is 9.49. The predicted molar refractivity (Wildman–Crippen MR) is 119 cm³/mol. The highest BCUT2D eigenvalue weighted by Crippen LogP contribution is 2.37. The summed E-state index contributed by atoms with van der Waals surface area (Å²) in [5.74, 6) is 1.52. The van der Waals surface area contributed by atoms with Gasteiger partial charge in [0.15, 0.2) is 0 Å². The molecule has 0 saturated heterocycles. The van der Waals surface area contributed by atoms with E-state index < -0.39 is 0 Å². The number of likely N-dealkylation sites (N-methyl/N-ethyl adjacent to an activating group) is 1. The van der Waals surface area contributed by atoms with Crippen molar-refractivity contribution in [2.24, 2.45) is 0 Å². The molecule has 1 aliphatic carbocycles. The summed E-state index contributed by atoms with van der Waals surface area (Å²) in [7, 11) is 1.96. The zero-order valence-corrected chi connectivity index (χ0v) is 18.1. The molecule has 4 rings (SSSR count). The van der Waals surface area contributed by atoms with Gasteiger partial charge in [0.05, 0.1) is 11.7 Å². The van der Waals surface area contributed by atoms with E-state index in [1.54, 1.807) is 12.1 Å². The standard InChI is InChI=1S/C24H27N5O2/c1-15(2)30-22-10-7-16(13-17(22)14-25)24-28-23(29-31-24)20-6-4-5-19-18(20)8-9-21(19)27-12-11-26-3/h4-7,10,13,15,21,26-27H,8-9,11-12H2,1-3H3. The average Bonchev–Trinajstić information content (AvgIpc) is 3.41. The first-order valence-corrected chi connectivity index (χ1v) is 10.7. The van der Waals surface area contributed by atoms with Gasteiger partial charge in [-0.15, -0.1) is 0 Å². The van der Waals surface area contributed by atoms with Gasteiger partial charge in [-0.2, -0.15) is 10.2 Å². The van der Waals surface area contributed by atoms with E-state index >= 15 is 0 Å². The highest BCUT2D eigenvalue weighted by molar-refractivity contribution is 5.67. The molecule has 0 spiro atoms. The molecule has 1 aliphatic rings. The topological polar surface area (TPSA) is 96.0 Å². The summed E-state index contributed by atoms with van der Waals surface area (Å²) in [5, 5.41) is 20.5. The molecule has 0 bridgehead atoms. The number of aromatic nitrogens is 2. The lowest BCUT2D eigenvalue weighted by atomic mass is 10.0. The molecular weight excluding hydrogens is 390 g/mol. The Morgan fingerprint density at radius 2 is 2.13 bits per heavy atom. The van der Waals surface area contributed by atoms with Gasteiger partial charge < -0.3 is 19.9 Å². The van der Waals surface area contributed by atoms with E-state index in [0.717, 1.165) is 31.5 Å². The fourth-order valence-electron chi connectivity index (χ4n) is 4.00. The molecule has 160 valence electrons. The van der Waals surface area contributed by atoms with Gasteiger partial charge in [-0.1, -0.05) is 23.4 Å². The first kappa shape index (κ1) is 21.0. The van der Waals surface area contributed by atoms with Crippen LogP contribution in [-0.2, 0) is 6.42 Å². The molecule has 3 aromatic rings. The van der Waals surface area contributed by atoms with Crippen molar-refractivity contribution >= 4 is 0 Å². The summed E-state index contributed by atoms with van der Waals surface area (Å²) < 4.78 is 11.3. The van der Waals surface area contributed by atoms with Gasteiger partial charge in [-0.05, 0) is 63.1 Å². The summed E-state index contributed by atoms with van der Waals surface area (Å²) in [6.07, 6.45) is 2.03. The normalized spacial score (nSPS) is 15.1. The zero-order valence-electron chi connectivity index (χ0n) is 18.1. The van der Waals surface area contributed by atoms with Gasteiger partial charge in [0, 0.05) is 30.3 Å². The highest BCUT2D eigenvalue weighted by atomic mass is 16.5. The van der Waals surface area contributed by atoms with Crippen LogP contribution in [-0.4, -0.2) is 36.4 Å². The SMILES string of the molecule is CNCCNC1CCc2c(-c3noc(-c4ccc(OC(C)C)c(C#N)c4)n3)cccc21. The van der Waals surface area contributed by atoms with Gasteiger partial charge >= 0.3 is 0 Å². The van der Waals surface area contributed by atoms with E-state index in [1.165, 1.54) is 11.1 Å². The molecule has 0 amide bonds. The molecular formula is C24H27N5O2. The minimum absolute atomic E-state index is 0.00955. The van der Waals surface area contributed by atoms with Crippen molar-refractivity contribution in [3.63, 3.8) is 0 Å². The number of nitrogens with zero attached hydrogens (tertiary/aromatic N) is 3. The summed E-state index contributed by atoms with van der Waals surface area (Å²) in [6, 6.07) is 14.1. The number of hydrogen-bond acceptors (Lipinski definition) is 7. The highest BCUT2D eigenvalue weighted by Gasteiger charge is 2.26. The Labute approximate surface area is 182 Å². The van der Waals surface area contributed by atoms with Crippen LogP contribution in [0.1, 0.15) is 43.0 Å². The van der Waals surface area contributed by atoms with Crippen LogP contribution in [0.25, 0.3) is 22.8 Å². The molecule has 2 aromatic carbocycles. The predicted octanol–water partition coefficient (Wildman–Crippen LogP) is 3.86. The van der Waals surface area contributed by atoms with Crippen LogP contribution in [0.4, 0.5) is 0 Å². The second-order valence-corrected chi connectivity index (χ2v) is 7.93. The van der Waals surface area contributed by atoms with Crippen LogP contribution >= 0.6 is 0 Å². The molecule has 0 aliphatic heterocycles. The second kappa shape index (κ2) is 9.29. The number of ether oxygens (including phenoxy) is 1. The zero-order chi connectivity index (χ0) is 21.8. The fourth-order valence-corrected chi connectivity index (χ4v) is 4.00. The first-order chi connectivity index (χ1) is 15.1. The van der Waals surface area contributed by atoms with Crippen LogP contribution in [0.3, 0.4) is 0 Å². The van der Waals surface area contributed by atoms with E-state index in [1.807, 2.05) is 39.1 Å². The van der Waals surface area contributed by atoms with E-state index in [-0.39, 0.29) is 6.10 Å². The van der Waals surface area contributed by atoms with Crippen LogP contribution < -0.4 is 15.4 Å². The van der Waals surface area contributed by atoms with Crippen molar-refractivity contribution in [2.75, 3.05) is 20.1 Å². The Kier molecular flexibility index (Phi) is 6.31. The quantitative estimate of drug-likeness (QED) is 0.537. The van der Waals surface area contributed by atoms with Gasteiger partial charge in [0.25, 0.3) is 5.89 Å². The van der Waals surface area contributed by atoms with E-state index in [4.69, 9.17) is 9.26 Å². The number of nitriles is 1. The molecule has 31 heavy (non-hydrogen) atoms. The van der Waals surface area contributed by atoms with Crippen molar-refractivity contribution in [1.29, 1.82) is 5.26 Å². The Morgan fingerprint density at radius 1 is 1.26 bits per heavy atom. The van der Waals surface area contributed by atoms with Gasteiger partial charge in [-0.3, -0.25) is 0 Å². The van der Waals surface area contributed by atoms with Gasteiger partial charge in [-0.25, -0.2) is 0 Å². The molecule has 7 heteroatoms. The maximum atomic E-state index is 9.49. The molecule has 1 aromatic heterocycles. The molecule has 1 heterocycles. The van der Waals surface area contributed by atoms with E-state index in [0.29, 0.717) is 34.6 Å². The van der Waals surface area contributed by atoms with E-state index in [2.05, 4.69) is 32.9 Å². The minimum Gasteiger partial charge on any atom is -0.490 e. The number of fused-ring (bicyclic) bond motifs is 1. The lowest BCUT2D eigenvalue weighted by molar-refractivity contribution is 0.241. The fraction of sp³-hybridized carbons (Fsp3) is 0.375. The Hall–Kier alpha value is -3.21. The Balaban J connectivity index is 1.60. The Morgan fingerprint density at radius 3 is 2.90 bits per heavy atom.